The number of rotatable bonds is 6. The summed E-state index contributed by atoms with van der Waals surface area (Å²) in [6.07, 6.45) is -6.18. The first-order chi connectivity index (χ1) is 22.1. The molecule has 0 aromatic heterocycles. The zero-order valence-corrected chi connectivity index (χ0v) is 24.7. The number of hydrogen-bond acceptors (Lipinski definition) is 0. The Labute approximate surface area is 261 Å². The average molecular weight is 709 g/mol. The van der Waals surface area contributed by atoms with Crippen LogP contribution < -0.4 is 27.2 Å². The highest BCUT2D eigenvalue weighted by Crippen LogP contribution is 2.27. The van der Waals surface area contributed by atoms with Crippen LogP contribution >= 0.6 is 0 Å². The fourth-order valence-electron chi connectivity index (χ4n) is 5.54. The van der Waals surface area contributed by atoms with Crippen molar-refractivity contribution in [1.29, 1.82) is 0 Å². The van der Waals surface area contributed by atoms with Gasteiger partial charge in [-0.25, -0.2) is 70.2 Å². The van der Waals surface area contributed by atoms with Crippen LogP contribution in [0.5, 0.6) is 0 Å². The Hall–Kier alpha value is -4.22. The van der Waals surface area contributed by atoms with Crippen LogP contribution in [0.25, 0.3) is 0 Å². The zero-order chi connectivity index (χ0) is 36.7. The quantitative estimate of drug-likeness (QED) is 0.115. The third-order valence-electron chi connectivity index (χ3n) is 7.10. The van der Waals surface area contributed by atoms with Gasteiger partial charge in [0.1, 0.15) is 29.4 Å². The normalized spacial score (nSPS) is 11.8. The Balaban J connectivity index is 0.000000804. The van der Waals surface area contributed by atoms with Gasteiger partial charge >= 0.3 is 0 Å². The minimum absolute atomic E-state index is 0.731. The van der Waals surface area contributed by atoms with Crippen molar-refractivity contribution in [3.05, 3.63) is 117 Å². The van der Waals surface area contributed by atoms with Gasteiger partial charge in [-0.2, -0.15) is 0 Å². The van der Waals surface area contributed by atoms with Gasteiger partial charge in [0.05, 0.1) is 35.4 Å². The molecule has 0 radical (unpaired) electrons. The highest BCUT2D eigenvalue weighted by Gasteiger charge is 2.49. The summed E-state index contributed by atoms with van der Waals surface area (Å²) < 4.78 is 235. The molecule has 2 N–H and O–H groups in total. The summed E-state index contributed by atoms with van der Waals surface area (Å²) >= 11 is 0. The molecule has 0 heterocycles. The van der Waals surface area contributed by atoms with Gasteiger partial charge in [0.2, 0.25) is 0 Å². The van der Waals surface area contributed by atoms with Crippen molar-refractivity contribution in [3.8, 4) is 0 Å². The van der Waals surface area contributed by atoms with Crippen molar-refractivity contribution in [2.75, 3.05) is 0 Å². The van der Waals surface area contributed by atoms with Crippen molar-refractivity contribution in [1.82, 2.24) is 0 Å². The van der Waals surface area contributed by atoms with Crippen molar-refractivity contribution in [3.63, 3.8) is 0 Å². The van der Waals surface area contributed by atoms with Crippen molar-refractivity contribution in [2.45, 2.75) is 39.8 Å². The van der Waals surface area contributed by atoms with E-state index in [0.29, 0.717) is 0 Å². The minimum Gasteiger partial charge on any atom is -0.342 e. The predicted octanol–water partition coefficient (Wildman–Crippen LogP) is 5.66. The van der Waals surface area contributed by atoms with Crippen LogP contribution in [0.2, 0.25) is 0 Å². The molecule has 260 valence electrons. The molecule has 0 aliphatic rings. The van der Waals surface area contributed by atoms with Crippen molar-refractivity contribution in [2.24, 2.45) is 0 Å². The molecule has 4 aromatic carbocycles. The average Bonchev–Trinajstić information content (AvgIpc) is 2.96. The van der Waals surface area contributed by atoms with E-state index in [0.717, 1.165) is 12.1 Å². The number of benzene rings is 4. The SMILES string of the molecule is CC(C)[NH2+]C(C)C.Fc1cc(F)c([B-](c2c(F)cc(F)c(F)c2F)(c2c(F)cc(F)c(F)c2F)c2c(F)cc(F)c(F)c2F)c(F)c1F. The second-order valence-corrected chi connectivity index (χ2v) is 11.1. The summed E-state index contributed by atoms with van der Waals surface area (Å²) in [6.45, 7) is 8.83. The summed E-state index contributed by atoms with van der Waals surface area (Å²) in [5.74, 6) is -45.1. The van der Waals surface area contributed by atoms with Crippen LogP contribution in [-0.2, 0) is 0 Å². The molecule has 48 heavy (non-hydrogen) atoms. The van der Waals surface area contributed by atoms with E-state index < -0.39 is 145 Å². The molecule has 4 aromatic rings. The molecule has 0 unspecified atom stereocenters. The maximum atomic E-state index is 15.3. The van der Waals surface area contributed by atoms with E-state index in [1.54, 1.807) is 0 Å². The molecule has 0 spiro atoms. The third kappa shape index (κ3) is 6.45. The van der Waals surface area contributed by atoms with Crippen LogP contribution in [0.1, 0.15) is 27.7 Å². The molecule has 18 heteroatoms. The molecule has 1 nitrogen and oxygen atoms in total. The van der Waals surface area contributed by atoms with Gasteiger partial charge in [-0.05, 0) is 27.7 Å². The second-order valence-electron chi connectivity index (χ2n) is 11.1. The van der Waals surface area contributed by atoms with Gasteiger partial charge in [0.25, 0.3) is 0 Å². The summed E-state index contributed by atoms with van der Waals surface area (Å²) in [5.41, 5.74) is -10.9. The molecular formula is C30H20BF16N. The molecule has 0 fully saturated rings. The number of hydrogen-bond donors (Lipinski definition) is 1. The second kappa shape index (κ2) is 14.1. The smallest absolute Gasteiger partial charge is 0.191 e. The van der Waals surface area contributed by atoms with Gasteiger partial charge in [0, 0.05) is 24.3 Å². The summed E-state index contributed by atoms with van der Waals surface area (Å²) in [7, 11) is 0. The Morgan fingerprint density at radius 2 is 0.521 bits per heavy atom. The van der Waals surface area contributed by atoms with E-state index in [1.165, 1.54) is 0 Å². The molecule has 0 atom stereocenters. The lowest BCUT2D eigenvalue weighted by molar-refractivity contribution is -0.709. The van der Waals surface area contributed by atoms with Crippen LogP contribution in [0, 0.1) is 93.1 Å². The van der Waals surface area contributed by atoms with E-state index in [2.05, 4.69) is 33.0 Å². The maximum absolute atomic E-state index is 15.3. The van der Waals surface area contributed by atoms with Crippen LogP contribution in [-0.4, -0.2) is 18.2 Å². The molecule has 0 aliphatic carbocycles. The molecule has 0 bridgehead atoms. The lowest BCUT2D eigenvalue weighted by atomic mass is 9.12. The van der Waals surface area contributed by atoms with Gasteiger partial charge in [-0.3, -0.25) is 0 Å². The number of halogens is 16. The van der Waals surface area contributed by atoms with Crippen molar-refractivity contribution >= 4 is 28.0 Å². The van der Waals surface area contributed by atoms with E-state index in [4.69, 9.17) is 0 Å². The van der Waals surface area contributed by atoms with E-state index >= 15 is 35.1 Å². The summed E-state index contributed by atoms with van der Waals surface area (Å²) in [5, 5.41) is 2.33. The summed E-state index contributed by atoms with van der Waals surface area (Å²) in [4.78, 5) is 0. The van der Waals surface area contributed by atoms with Crippen LogP contribution in [0.3, 0.4) is 0 Å². The maximum Gasteiger partial charge on any atom is 0.191 e. The highest BCUT2D eigenvalue weighted by atomic mass is 19.2. The fraction of sp³-hybridized carbons (Fsp3) is 0.200. The Morgan fingerprint density at radius 1 is 0.333 bits per heavy atom. The monoisotopic (exact) mass is 709 g/mol. The lowest BCUT2D eigenvalue weighted by Crippen LogP contribution is -2.92. The highest BCUT2D eigenvalue weighted by molar-refractivity contribution is 7.20. The van der Waals surface area contributed by atoms with E-state index in [9.17, 15) is 35.1 Å². The predicted molar refractivity (Wildman–Crippen MR) is 142 cm³/mol. The molecular weight excluding hydrogens is 689 g/mol. The number of nitrogens with two attached hydrogens (primary N) is 1. The zero-order valence-electron chi connectivity index (χ0n) is 24.7. The van der Waals surface area contributed by atoms with Gasteiger partial charge in [0.15, 0.2) is 46.5 Å². The topological polar surface area (TPSA) is 16.6 Å². The first kappa shape index (κ1) is 38.2. The Morgan fingerprint density at radius 3 is 0.667 bits per heavy atom. The molecule has 0 saturated heterocycles. The fourth-order valence-corrected chi connectivity index (χ4v) is 5.54. The van der Waals surface area contributed by atoms with Crippen LogP contribution in [0.4, 0.5) is 70.2 Å². The first-order valence-electron chi connectivity index (χ1n) is 13.5. The van der Waals surface area contributed by atoms with Gasteiger partial charge in [-0.1, -0.05) is 0 Å². The molecule has 0 aliphatic heterocycles. The van der Waals surface area contributed by atoms with Crippen molar-refractivity contribution < 1.29 is 75.6 Å². The Kier molecular flexibility index (Phi) is 11.2. The van der Waals surface area contributed by atoms with Gasteiger partial charge < -0.3 is 5.32 Å². The minimum atomic E-state index is -6.18. The van der Waals surface area contributed by atoms with Gasteiger partial charge in [-0.15, -0.1) is 21.9 Å². The molecule has 0 saturated carbocycles. The summed E-state index contributed by atoms with van der Waals surface area (Å²) in [6, 6.07) is -1.42. The van der Waals surface area contributed by atoms with E-state index in [1.807, 2.05) is 0 Å². The lowest BCUT2D eigenvalue weighted by Gasteiger charge is -2.44. The standard InChI is InChI=1S/C24H4BF16.C6H15N/c26-5-1-9(30)17(34)21(38)13(5)25(14-6(27)2-10(31)18(35)22(14)39,15-7(28)3-11(32)19(36)23(15)40)16-8(29)4-12(33)20(37)24(16)41;1-5(2)7-6(3)4/h1-4H;5-7H,1-4H3/q-1;/p+1. The van der Waals surface area contributed by atoms with Crippen LogP contribution in [0.15, 0.2) is 24.3 Å². The molecule has 4 rings (SSSR count). The molecule has 0 amide bonds. The number of quaternary nitrogens is 1. The Bertz CT molecular complexity index is 1630. The van der Waals surface area contributed by atoms with E-state index in [-0.39, 0.29) is 0 Å². The third-order valence-corrected chi connectivity index (χ3v) is 7.10. The first-order valence-corrected chi connectivity index (χ1v) is 13.5. The largest absolute Gasteiger partial charge is 0.342 e.